The molecule has 14 heteroatoms. The number of halogens is 3. The van der Waals surface area contributed by atoms with Crippen LogP contribution in [0.2, 0.25) is 5.02 Å². The van der Waals surface area contributed by atoms with Crippen molar-refractivity contribution in [1.82, 2.24) is 14.5 Å². The first-order valence-corrected chi connectivity index (χ1v) is 14.0. The molecule has 0 aliphatic heterocycles. The van der Waals surface area contributed by atoms with Crippen LogP contribution >= 0.6 is 23.2 Å². The molecule has 0 bridgehead atoms. The van der Waals surface area contributed by atoms with E-state index >= 15 is 4.39 Å². The Morgan fingerprint density at radius 2 is 1.95 bits per heavy atom. The van der Waals surface area contributed by atoms with E-state index in [1.807, 2.05) is 20.8 Å². The Balaban J connectivity index is 2.18. The molecule has 3 heterocycles. The number of rotatable bonds is 10. The number of hydrogen-bond acceptors (Lipinski definition) is 8. The van der Waals surface area contributed by atoms with E-state index in [1.54, 1.807) is 18.3 Å². The first kappa shape index (κ1) is 31.5. The number of carbonyl (C=O) groups is 2. The fraction of sp³-hybridized carbons (Fsp3) is 0.276. The summed E-state index contributed by atoms with van der Waals surface area (Å²) >= 11 is 12.5. The summed E-state index contributed by atoms with van der Waals surface area (Å²) in [5.74, 6) is -1.68. The smallest absolute Gasteiger partial charge is 0.404 e. The number of alkyl halides is 1. The van der Waals surface area contributed by atoms with Crippen LogP contribution in [0.3, 0.4) is 0 Å². The predicted molar refractivity (Wildman–Crippen MR) is 164 cm³/mol. The number of benzene rings is 1. The number of nitrogens with two attached hydrogens (primary N) is 1. The van der Waals surface area contributed by atoms with E-state index in [0.29, 0.717) is 16.9 Å². The normalized spacial score (nSPS) is 11.1. The van der Waals surface area contributed by atoms with Gasteiger partial charge < -0.3 is 25.8 Å². The molecule has 0 saturated heterocycles. The highest BCUT2D eigenvalue weighted by atomic mass is 35.5. The van der Waals surface area contributed by atoms with E-state index in [2.05, 4.69) is 15.6 Å². The SMILES string of the molecule is COc1cccc(F)c1-c1nc2c(cc1Cl)c(NCCOC(N)=O)c(NC(=O)CCl)c(=O)n2-c1c(C)ccnc1C(C)C. The monoisotopic (exact) mass is 630 g/mol. The second kappa shape index (κ2) is 13.3. The number of amides is 2. The van der Waals surface area contributed by atoms with Crippen LogP contribution in [-0.4, -0.2) is 52.7 Å². The molecule has 226 valence electrons. The Bertz CT molecular complexity index is 1780. The van der Waals surface area contributed by atoms with Gasteiger partial charge in [-0.05, 0) is 42.7 Å². The maximum absolute atomic E-state index is 15.3. The third kappa shape index (κ3) is 6.35. The zero-order chi connectivity index (χ0) is 31.4. The highest BCUT2D eigenvalue weighted by Gasteiger charge is 2.27. The fourth-order valence-corrected chi connectivity index (χ4v) is 4.97. The van der Waals surface area contributed by atoms with Gasteiger partial charge in [-0.1, -0.05) is 31.5 Å². The molecule has 4 aromatic rings. The third-order valence-corrected chi connectivity index (χ3v) is 7.03. The lowest BCUT2D eigenvalue weighted by atomic mass is 10.0. The summed E-state index contributed by atoms with van der Waals surface area (Å²) in [6.45, 7) is 5.48. The molecule has 0 aliphatic carbocycles. The Morgan fingerprint density at radius 1 is 1.21 bits per heavy atom. The van der Waals surface area contributed by atoms with Crippen molar-refractivity contribution in [3.63, 3.8) is 0 Å². The highest BCUT2D eigenvalue weighted by Crippen LogP contribution is 2.40. The maximum atomic E-state index is 15.3. The Kier molecular flexibility index (Phi) is 9.72. The van der Waals surface area contributed by atoms with Gasteiger partial charge in [-0.25, -0.2) is 14.2 Å². The molecule has 0 saturated carbocycles. The van der Waals surface area contributed by atoms with Crippen molar-refractivity contribution in [3.05, 3.63) is 69.0 Å². The van der Waals surface area contributed by atoms with Gasteiger partial charge in [0, 0.05) is 18.1 Å². The standard InChI is InChI=1S/C29H29Cl2FN6O5/c1-14(2)22-26(15(3)8-9-34-22)38-27-16(12-17(31)24(37-27)21-18(32)6-5-7-19(21)42-4)23(35-10-11-43-29(33)41)25(28(38)40)36-20(39)13-30/h5-9,12,14,35H,10-11,13H2,1-4H3,(H2,33,41)(H,36,39). The van der Waals surface area contributed by atoms with Crippen LogP contribution < -0.4 is 26.7 Å². The van der Waals surface area contributed by atoms with Crippen LogP contribution in [0.15, 0.2) is 41.3 Å². The number of aromatic nitrogens is 3. The van der Waals surface area contributed by atoms with Crippen molar-refractivity contribution in [1.29, 1.82) is 0 Å². The van der Waals surface area contributed by atoms with Gasteiger partial charge in [-0.2, -0.15) is 0 Å². The zero-order valence-electron chi connectivity index (χ0n) is 23.8. The number of hydrogen-bond donors (Lipinski definition) is 3. The molecule has 0 unspecified atom stereocenters. The summed E-state index contributed by atoms with van der Waals surface area (Å²) in [6.07, 6.45) is 0.644. The molecule has 4 rings (SSSR count). The minimum atomic E-state index is -0.987. The van der Waals surface area contributed by atoms with Crippen molar-refractivity contribution in [2.45, 2.75) is 26.7 Å². The Hall–Kier alpha value is -4.42. The summed E-state index contributed by atoms with van der Waals surface area (Å²) < 4.78 is 26.8. The third-order valence-electron chi connectivity index (χ3n) is 6.49. The molecule has 4 N–H and O–H groups in total. The maximum Gasteiger partial charge on any atom is 0.404 e. The van der Waals surface area contributed by atoms with Crippen LogP contribution in [0.1, 0.15) is 31.0 Å². The van der Waals surface area contributed by atoms with Gasteiger partial charge in [0.25, 0.3) is 5.56 Å². The Morgan fingerprint density at radius 3 is 2.60 bits per heavy atom. The molecular weight excluding hydrogens is 602 g/mol. The second-order valence-corrected chi connectivity index (χ2v) is 10.4. The Labute approximate surface area is 256 Å². The quantitative estimate of drug-likeness (QED) is 0.156. The molecule has 0 atom stereocenters. The van der Waals surface area contributed by atoms with Crippen molar-refractivity contribution < 1.29 is 23.5 Å². The van der Waals surface area contributed by atoms with Gasteiger partial charge in [-0.15, -0.1) is 11.6 Å². The molecule has 2 amide bonds. The number of nitrogens with one attached hydrogen (secondary N) is 2. The van der Waals surface area contributed by atoms with Crippen molar-refractivity contribution in [3.8, 4) is 22.7 Å². The van der Waals surface area contributed by atoms with Crippen LogP contribution in [0.5, 0.6) is 5.75 Å². The van der Waals surface area contributed by atoms with Gasteiger partial charge in [0.1, 0.15) is 35.4 Å². The summed E-state index contributed by atoms with van der Waals surface area (Å²) in [4.78, 5) is 47.3. The molecule has 0 spiro atoms. The van der Waals surface area contributed by atoms with Gasteiger partial charge in [0.15, 0.2) is 0 Å². The first-order chi connectivity index (χ1) is 20.5. The minimum Gasteiger partial charge on any atom is -0.496 e. The first-order valence-electron chi connectivity index (χ1n) is 13.1. The topological polar surface area (TPSA) is 150 Å². The number of aryl methyl sites for hydroxylation is 1. The summed E-state index contributed by atoms with van der Waals surface area (Å²) in [5.41, 5.74) is 6.15. The number of primary amides is 1. The number of methoxy groups -OCH3 is 1. The van der Waals surface area contributed by atoms with Gasteiger partial charge in [-0.3, -0.25) is 19.1 Å². The van der Waals surface area contributed by atoms with Crippen LogP contribution in [-0.2, 0) is 9.53 Å². The van der Waals surface area contributed by atoms with Gasteiger partial charge in [0.2, 0.25) is 5.91 Å². The van der Waals surface area contributed by atoms with Crippen LogP contribution in [0.4, 0.5) is 20.6 Å². The van der Waals surface area contributed by atoms with Crippen molar-refractivity contribution in [2.75, 3.05) is 36.8 Å². The van der Waals surface area contributed by atoms with Crippen molar-refractivity contribution >= 4 is 57.6 Å². The van der Waals surface area contributed by atoms with Crippen LogP contribution in [0, 0.1) is 12.7 Å². The van der Waals surface area contributed by atoms with Crippen molar-refractivity contribution in [2.24, 2.45) is 5.73 Å². The van der Waals surface area contributed by atoms with E-state index < -0.39 is 29.3 Å². The number of carbonyl (C=O) groups excluding carboxylic acids is 2. The summed E-state index contributed by atoms with van der Waals surface area (Å²) in [6, 6.07) is 7.52. The van der Waals surface area contributed by atoms with E-state index in [4.69, 9.17) is 43.4 Å². The lowest BCUT2D eigenvalue weighted by molar-refractivity contribution is -0.113. The second-order valence-electron chi connectivity index (χ2n) is 9.69. The molecule has 0 aliphatic rings. The molecule has 1 aromatic carbocycles. The highest BCUT2D eigenvalue weighted by molar-refractivity contribution is 6.34. The van der Waals surface area contributed by atoms with Gasteiger partial charge in [0.05, 0.1) is 40.5 Å². The lowest BCUT2D eigenvalue weighted by Gasteiger charge is -2.23. The van der Waals surface area contributed by atoms with E-state index in [0.717, 1.165) is 0 Å². The average molecular weight is 631 g/mol. The van der Waals surface area contributed by atoms with Crippen LogP contribution in [0.25, 0.3) is 28.0 Å². The van der Waals surface area contributed by atoms with Gasteiger partial charge >= 0.3 is 6.09 Å². The van der Waals surface area contributed by atoms with E-state index in [1.165, 1.54) is 29.9 Å². The number of fused-ring (bicyclic) bond motifs is 1. The molecule has 11 nitrogen and oxygen atoms in total. The molecule has 3 aromatic heterocycles. The van der Waals surface area contributed by atoms with E-state index in [-0.39, 0.29) is 63.5 Å². The van der Waals surface area contributed by atoms with E-state index in [9.17, 15) is 14.4 Å². The largest absolute Gasteiger partial charge is 0.496 e. The summed E-state index contributed by atoms with van der Waals surface area (Å²) in [5, 5.41) is 5.90. The number of pyridine rings is 3. The predicted octanol–water partition coefficient (Wildman–Crippen LogP) is 5.37. The number of anilines is 2. The summed E-state index contributed by atoms with van der Waals surface area (Å²) in [7, 11) is 1.39. The fourth-order valence-electron chi connectivity index (χ4n) is 4.66. The average Bonchev–Trinajstić information content (AvgIpc) is 2.96. The lowest BCUT2D eigenvalue weighted by Crippen LogP contribution is -2.30. The molecule has 0 radical (unpaired) electrons. The minimum absolute atomic E-state index is 0.00505. The number of ether oxygens (including phenoxy) is 2. The molecule has 0 fully saturated rings. The number of nitrogens with zero attached hydrogens (tertiary/aromatic N) is 3. The molecule has 43 heavy (non-hydrogen) atoms. The zero-order valence-corrected chi connectivity index (χ0v) is 25.3. The molecular formula is C29H29Cl2FN6O5.